The molecule has 0 radical (unpaired) electrons. The summed E-state index contributed by atoms with van der Waals surface area (Å²) in [5.41, 5.74) is 8.01. The average molecular weight is 364 g/mol. The summed E-state index contributed by atoms with van der Waals surface area (Å²) in [5, 5.41) is 2.91. The van der Waals surface area contributed by atoms with Gasteiger partial charge in [-0.05, 0) is 18.1 Å². The number of hydrogen-bond acceptors (Lipinski definition) is 4. The number of carbonyl (C=O) groups excluding carboxylic acids is 1. The van der Waals surface area contributed by atoms with Crippen molar-refractivity contribution in [1.29, 1.82) is 0 Å². The van der Waals surface area contributed by atoms with Gasteiger partial charge in [-0.3, -0.25) is 9.69 Å². The molecular weight excluding hydrogens is 337 g/mol. The fourth-order valence-corrected chi connectivity index (χ4v) is 2.42. The van der Waals surface area contributed by atoms with Gasteiger partial charge in [0, 0.05) is 38.6 Å². The number of ether oxygens (including phenoxy) is 1. The molecule has 0 spiro atoms. The summed E-state index contributed by atoms with van der Waals surface area (Å²) in [6.07, 6.45) is 0.369. The molecule has 3 N–H and O–H groups in total. The van der Waals surface area contributed by atoms with Crippen LogP contribution in [-0.2, 0) is 22.6 Å². The molecule has 1 aliphatic rings. The van der Waals surface area contributed by atoms with Gasteiger partial charge in [0.25, 0.3) is 0 Å². The van der Waals surface area contributed by atoms with E-state index in [1.165, 1.54) is 5.56 Å². The largest absolute Gasteiger partial charge is 0.379 e. The van der Waals surface area contributed by atoms with Crippen LogP contribution in [-0.4, -0.2) is 43.2 Å². The Morgan fingerprint density at radius 2 is 1.96 bits per heavy atom. The van der Waals surface area contributed by atoms with Crippen LogP contribution in [0, 0.1) is 0 Å². The van der Waals surface area contributed by atoms with E-state index in [0.717, 1.165) is 38.4 Å². The van der Waals surface area contributed by atoms with E-state index in [0.29, 0.717) is 13.0 Å². The maximum Gasteiger partial charge on any atom is 0.221 e. The first-order valence-electron chi connectivity index (χ1n) is 7.53. The predicted molar refractivity (Wildman–Crippen MR) is 97.1 cm³/mol. The highest BCUT2D eigenvalue weighted by molar-refractivity contribution is 5.85. The zero-order valence-electron chi connectivity index (χ0n) is 13.5. The molecule has 0 aromatic heterocycles. The van der Waals surface area contributed by atoms with E-state index in [9.17, 15) is 4.79 Å². The van der Waals surface area contributed by atoms with Gasteiger partial charge in [0.2, 0.25) is 5.91 Å². The van der Waals surface area contributed by atoms with Gasteiger partial charge < -0.3 is 15.8 Å². The first-order chi connectivity index (χ1) is 10.1. The number of nitrogens with two attached hydrogens (primary N) is 1. The molecule has 1 aromatic rings. The van der Waals surface area contributed by atoms with Gasteiger partial charge in [-0.2, -0.15) is 0 Å². The van der Waals surface area contributed by atoms with E-state index in [1.807, 2.05) is 19.1 Å². The molecular formula is C16H27Cl2N3O2. The van der Waals surface area contributed by atoms with Gasteiger partial charge in [-0.15, -0.1) is 24.8 Å². The fraction of sp³-hybridized carbons (Fsp3) is 0.562. The predicted octanol–water partition coefficient (Wildman–Crippen LogP) is 1.72. The zero-order chi connectivity index (χ0) is 15.1. The van der Waals surface area contributed by atoms with Crippen LogP contribution in [0.15, 0.2) is 24.3 Å². The Kier molecular flexibility index (Phi) is 11.2. The molecule has 1 heterocycles. The van der Waals surface area contributed by atoms with E-state index in [4.69, 9.17) is 10.5 Å². The summed E-state index contributed by atoms with van der Waals surface area (Å²) >= 11 is 0. The summed E-state index contributed by atoms with van der Waals surface area (Å²) in [7, 11) is 0. The lowest BCUT2D eigenvalue weighted by molar-refractivity contribution is -0.121. The Bertz CT molecular complexity index is 466. The topological polar surface area (TPSA) is 67.6 Å². The summed E-state index contributed by atoms with van der Waals surface area (Å²) < 4.78 is 5.36. The lowest BCUT2D eigenvalue weighted by Gasteiger charge is -2.26. The Balaban J connectivity index is 0.00000242. The molecule has 5 nitrogen and oxygen atoms in total. The molecule has 1 fully saturated rings. The maximum atomic E-state index is 11.6. The number of hydrogen-bond donors (Lipinski definition) is 2. The fourth-order valence-electron chi connectivity index (χ4n) is 2.42. The lowest BCUT2D eigenvalue weighted by atomic mass is 10.1. The summed E-state index contributed by atoms with van der Waals surface area (Å²) in [6, 6.07) is 8.26. The third-order valence-electron chi connectivity index (χ3n) is 3.50. The number of benzene rings is 1. The van der Waals surface area contributed by atoms with Gasteiger partial charge in [0.1, 0.15) is 0 Å². The highest BCUT2D eigenvalue weighted by Crippen LogP contribution is 2.10. The second-order valence-corrected chi connectivity index (χ2v) is 5.67. The Morgan fingerprint density at radius 3 is 2.61 bits per heavy atom. The highest BCUT2D eigenvalue weighted by atomic mass is 35.5. The number of nitrogens with one attached hydrogen (secondary N) is 1. The molecule has 1 atom stereocenters. The average Bonchev–Trinajstić information content (AvgIpc) is 2.46. The van der Waals surface area contributed by atoms with Gasteiger partial charge in [0.05, 0.1) is 13.2 Å². The SMILES string of the molecule is CC(N)CC(=O)NCc1cccc(CN2CCOCC2)c1.Cl.Cl. The van der Waals surface area contributed by atoms with Crippen LogP contribution in [0.3, 0.4) is 0 Å². The number of nitrogens with zero attached hydrogens (tertiary/aromatic N) is 1. The second-order valence-electron chi connectivity index (χ2n) is 5.67. The molecule has 1 aromatic carbocycles. The van der Waals surface area contributed by atoms with Crippen molar-refractivity contribution in [2.45, 2.75) is 32.5 Å². The third-order valence-corrected chi connectivity index (χ3v) is 3.50. The molecule has 0 bridgehead atoms. The van der Waals surface area contributed by atoms with Crippen LogP contribution in [0.5, 0.6) is 0 Å². The van der Waals surface area contributed by atoms with Crippen molar-refractivity contribution in [2.75, 3.05) is 26.3 Å². The molecule has 0 aliphatic carbocycles. The Labute approximate surface area is 150 Å². The van der Waals surface area contributed by atoms with Gasteiger partial charge >= 0.3 is 0 Å². The first-order valence-corrected chi connectivity index (χ1v) is 7.53. The van der Waals surface area contributed by atoms with Crippen LogP contribution >= 0.6 is 24.8 Å². The van der Waals surface area contributed by atoms with Crippen LogP contribution in [0.4, 0.5) is 0 Å². The van der Waals surface area contributed by atoms with Crippen LogP contribution in [0.2, 0.25) is 0 Å². The molecule has 2 rings (SSSR count). The molecule has 7 heteroatoms. The van der Waals surface area contributed by atoms with Crippen molar-refractivity contribution in [3.05, 3.63) is 35.4 Å². The minimum absolute atomic E-state index is 0. The lowest BCUT2D eigenvalue weighted by Crippen LogP contribution is -2.35. The number of carbonyl (C=O) groups is 1. The number of amides is 1. The molecule has 1 unspecified atom stereocenters. The van der Waals surface area contributed by atoms with E-state index in [1.54, 1.807) is 0 Å². The van der Waals surface area contributed by atoms with Crippen molar-refractivity contribution >= 4 is 30.7 Å². The number of morpholine rings is 1. The van der Waals surface area contributed by atoms with Crippen molar-refractivity contribution in [3.63, 3.8) is 0 Å². The van der Waals surface area contributed by atoms with Crippen LogP contribution in [0.25, 0.3) is 0 Å². The van der Waals surface area contributed by atoms with Crippen molar-refractivity contribution in [2.24, 2.45) is 5.73 Å². The van der Waals surface area contributed by atoms with E-state index in [-0.39, 0.29) is 36.8 Å². The maximum absolute atomic E-state index is 11.6. The van der Waals surface area contributed by atoms with Crippen molar-refractivity contribution in [3.8, 4) is 0 Å². The number of rotatable bonds is 6. The minimum Gasteiger partial charge on any atom is -0.379 e. The second kappa shape index (κ2) is 11.6. The third kappa shape index (κ3) is 8.53. The summed E-state index contributed by atoms with van der Waals surface area (Å²) in [5.74, 6) is 0.00332. The van der Waals surface area contributed by atoms with E-state index >= 15 is 0 Å². The normalized spacial score (nSPS) is 15.9. The Morgan fingerprint density at radius 1 is 1.30 bits per heavy atom. The monoisotopic (exact) mass is 363 g/mol. The van der Waals surface area contributed by atoms with Gasteiger partial charge in [-0.25, -0.2) is 0 Å². The van der Waals surface area contributed by atoms with Gasteiger partial charge in [-0.1, -0.05) is 24.3 Å². The van der Waals surface area contributed by atoms with Crippen molar-refractivity contribution in [1.82, 2.24) is 10.2 Å². The molecule has 0 saturated carbocycles. The summed E-state index contributed by atoms with van der Waals surface area (Å²) in [6.45, 7) is 6.92. The standard InChI is InChI=1S/C16H25N3O2.2ClH/c1-13(17)9-16(20)18-11-14-3-2-4-15(10-14)12-19-5-7-21-8-6-19;;/h2-4,10,13H,5-9,11-12,17H2,1H3,(H,18,20);2*1H. The molecule has 23 heavy (non-hydrogen) atoms. The van der Waals surface area contributed by atoms with Crippen LogP contribution in [0.1, 0.15) is 24.5 Å². The molecule has 1 aliphatic heterocycles. The number of halogens is 2. The Hall–Kier alpha value is -0.850. The minimum atomic E-state index is -0.0994. The quantitative estimate of drug-likeness (QED) is 0.807. The first kappa shape index (κ1) is 22.1. The zero-order valence-corrected chi connectivity index (χ0v) is 15.1. The summed E-state index contributed by atoms with van der Waals surface area (Å²) in [4.78, 5) is 14.0. The van der Waals surface area contributed by atoms with E-state index < -0.39 is 0 Å². The molecule has 132 valence electrons. The molecule has 1 amide bonds. The van der Waals surface area contributed by atoms with Crippen molar-refractivity contribution < 1.29 is 9.53 Å². The smallest absolute Gasteiger partial charge is 0.221 e. The van der Waals surface area contributed by atoms with Crippen LogP contribution < -0.4 is 11.1 Å². The van der Waals surface area contributed by atoms with Gasteiger partial charge in [0.15, 0.2) is 0 Å². The van der Waals surface area contributed by atoms with E-state index in [2.05, 4.69) is 22.3 Å². The highest BCUT2D eigenvalue weighted by Gasteiger charge is 2.11. The molecule has 1 saturated heterocycles.